The van der Waals surface area contributed by atoms with E-state index < -0.39 is 0 Å². The van der Waals surface area contributed by atoms with E-state index in [1.165, 1.54) is 11.8 Å². The lowest BCUT2D eigenvalue weighted by Gasteiger charge is -2.30. The molecule has 0 unspecified atom stereocenters. The molecule has 0 spiro atoms. The third-order valence-electron chi connectivity index (χ3n) is 4.12. The Bertz CT molecular complexity index is 563. The van der Waals surface area contributed by atoms with E-state index in [2.05, 4.69) is 16.9 Å². The maximum absolute atomic E-state index is 12.2. The average molecular weight is 309 g/mol. The second-order valence-electron chi connectivity index (χ2n) is 5.70. The second-order valence-corrected chi connectivity index (χ2v) is 6.50. The van der Waals surface area contributed by atoms with Crippen LogP contribution in [0, 0.1) is 12.8 Å². The molecule has 1 aromatic rings. The van der Waals surface area contributed by atoms with Gasteiger partial charge < -0.3 is 9.88 Å². The summed E-state index contributed by atoms with van der Waals surface area (Å²) >= 11 is 1.41. The summed E-state index contributed by atoms with van der Waals surface area (Å²) < 4.78 is 0. The zero-order valence-electron chi connectivity index (χ0n) is 12.9. The van der Waals surface area contributed by atoms with Crippen LogP contribution in [0.25, 0.3) is 0 Å². The topological polar surface area (TPSA) is 66.1 Å². The van der Waals surface area contributed by atoms with Crippen LogP contribution in [0.3, 0.4) is 0 Å². The summed E-state index contributed by atoms with van der Waals surface area (Å²) in [6.45, 7) is 5.75. The van der Waals surface area contributed by atoms with Gasteiger partial charge in [-0.2, -0.15) is 0 Å². The zero-order chi connectivity index (χ0) is 15.4. The Kier molecular flexibility index (Phi) is 5.45. The number of hydrogen-bond donors (Lipinski definition) is 1. The van der Waals surface area contributed by atoms with Gasteiger partial charge in [-0.3, -0.25) is 9.59 Å². The number of nitrogens with one attached hydrogen (secondary N) is 1. The highest BCUT2D eigenvalue weighted by Gasteiger charge is 2.20. The minimum Gasteiger partial charge on any atom is -0.343 e. The molecule has 1 saturated heterocycles. The van der Waals surface area contributed by atoms with Gasteiger partial charge in [0.2, 0.25) is 5.91 Å². The fraction of sp³-hybridized carbons (Fsp3) is 0.667. The number of carbonyl (C=O) groups excluding carboxylic acids is 1. The van der Waals surface area contributed by atoms with Crippen molar-refractivity contribution in [3.8, 4) is 0 Å². The van der Waals surface area contributed by atoms with Crippen LogP contribution >= 0.6 is 11.8 Å². The van der Waals surface area contributed by atoms with Crippen LogP contribution in [-0.2, 0) is 11.2 Å². The Morgan fingerprint density at radius 2 is 2.10 bits per heavy atom. The number of thioether (sulfide) groups is 1. The van der Waals surface area contributed by atoms with Crippen molar-refractivity contribution in [3.05, 3.63) is 21.6 Å². The van der Waals surface area contributed by atoms with Crippen LogP contribution in [-0.4, -0.2) is 40.1 Å². The molecule has 2 heterocycles. The molecular formula is C15H23N3O2S. The van der Waals surface area contributed by atoms with Gasteiger partial charge in [0.25, 0.3) is 5.56 Å². The predicted molar refractivity (Wildman–Crippen MR) is 84.7 cm³/mol. The van der Waals surface area contributed by atoms with Crippen molar-refractivity contribution >= 4 is 17.7 Å². The van der Waals surface area contributed by atoms with Crippen molar-refractivity contribution in [2.24, 2.45) is 5.92 Å². The standard InChI is InChI=1S/C15H23N3O2S/c1-10-6-8-18(9-7-10)13(19)5-4-12-11(2)16-15(21-3)17-14(12)20/h10H,4-9H2,1-3H3,(H,16,17,20). The van der Waals surface area contributed by atoms with Gasteiger partial charge in [-0.1, -0.05) is 18.7 Å². The van der Waals surface area contributed by atoms with Gasteiger partial charge in [-0.15, -0.1) is 0 Å². The third kappa shape index (κ3) is 4.09. The molecule has 5 nitrogen and oxygen atoms in total. The van der Waals surface area contributed by atoms with Crippen LogP contribution in [0.15, 0.2) is 9.95 Å². The fourth-order valence-corrected chi connectivity index (χ4v) is 3.05. The summed E-state index contributed by atoms with van der Waals surface area (Å²) in [5.41, 5.74) is 1.24. The van der Waals surface area contributed by atoms with E-state index in [1.807, 2.05) is 18.1 Å². The van der Waals surface area contributed by atoms with E-state index in [9.17, 15) is 9.59 Å². The van der Waals surface area contributed by atoms with Crippen LogP contribution in [0.2, 0.25) is 0 Å². The first-order valence-electron chi connectivity index (χ1n) is 7.42. The highest BCUT2D eigenvalue weighted by molar-refractivity contribution is 7.98. The minimum atomic E-state index is -0.119. The van der Waals surface area contributed by atoms with E-state index in [4.69, 9.17) is 0 Å². The number of carbonyl (C=O) groups is 1. The summed E-state index contributed by atoms with van der Waals surface area (Å²) in [5.74, 6) is 0.858. The average Bonchev–Trinajstić information content (AvgIpc) is 2.46. The highest BCUT2D eigenvalue weighted by Crippen LogP contribution is 2.17. The van der Waals surface area contributed by atoms with Gasteiger partial charge in [0, 0.05) is 30.8 Å². The fourth-order valence-electron chi connectivity index (χ4n) is 2.62. The molecule has 0 radical (unpaired) electrons. The van der Waals surface area contributed by atoms with Crippen LogP contribution < -0.4 is 5.56 Å². The van der Waals surface area contributed by atoms with Gasteiger partial charge in [0.15, 0.2) is 5.16 Å². The maximum Gasteiger partial charge on any atom is 0.254 e. The van der Waals surface area contributed by atoms with Crippen molar-refractivity contribution in [2.45, 2.75) is 44.7 Å². The summed E-state index contributed by atoms with van der Waals surface area (Å²) in [6.07, 6.45) is 4.88. The van der Waals surface area contributed by atoms with Crippen LogP contribution in [0.1, 0.15) is 37.4 Å². The first-order valence-corrected chi connectivity index (χ1v) is 8.65. The number of aryl methyl sites for hydroxylation is 1. The zero-order valence-corrected chi connectivity index (χ0v) is 13.8. The molecule has 1 aromatic heterocycles. The van der Waals surface area contributed by atoms with Crippen molar-refractivity contribution < 1.29 is 4.79 Å². The number of piperidine rings is 1. The summed E-state index contributed by atoms with van der Waals surface area (Å²) in [4.78, 5) is 33.2. The summed E-state index contributed by atoms with van der Waals surface area (Å²) in [7, 11) is 0. The number of likely N-dealkylation sites (tertiary alicyclic amines) is 1. The first kappa shape index (κ1) is 16.1. The lowest BCUT2D eigenvalue weighted by Crippen LogP contribution is -2.38. The molecule has 0 saturated carbocycles. The quantitative estimate of drug-likeness (QED) is 0.682. The number of amides is 1. The van der Waals surface area contributed by atoms with Gasteiger partial charge in [0.05, 0.1) is 0 Å². The van der Waals surface area contributed by atoms with E-state index >= 15 is 0 Å². The number of nitrogens with zero attached hydrogens (tertiary/aromatic N) is 2. The largest absolute Gasteiger partial charge is 0.343 e. The number of hydrogen-bond acceptors (Lipinski definition) is 4. The van der Waals surface area contributed by atoms with Gasteiger partial charge in [0.1, 0.15) is 0 Å². The van der Waals surface area contributed by atoms with Crippen LogP contribution in [0.4, 0.5) is 0 Å². The molecule has 0 bridgehead atoms. The molecular weight excluding hydrogens is 286 g/mol. The van der Waals surface area contributed by atoms with E-state index in [0.717, 1.165) is 31.6 Å². The molecule has 1 aliphatic heterocycles. The maximum atomic E-state index is 12.2. The third-order valence-corrected chi connectivity index (χ3v) is 4.70. The Labute approximate surface area is 129 Å². The molecule has 1 amide bonds. The highest BCUT2D eigenvalue weighted by atomic mass is 32.2. The molecule has 1 fully saturated rings. The molecule has 21 heavy (non-hydrogen) atoms. The normalized spacial score (nSPS) is 16.2. The number of H-pyrrole nitrogens is 1. The molecule has 1 N–H and O–H groups in total. The molecule has 0 atom stereocenters. The second kappa shape index (κ2) is 7.11. The molecule has 0 aromatic carbocycles. The predicted octanol–water partition coefficient (Wildman–Crippen LogP) is 1.99. The number of rotatable bonds is 4. The van der Waals surface area contributed by atoms with Crippen molar-refractivity contribution in [1.82, 2.24) is 14.9 Å². The molecule has 6 heteroatoms. The van der Waals surface area contributed by atoms with Crippen molar-refractivity contribution in [3.63, 3.8) is 0 Å². The van der Waals surface area contributed by atoms with E-state index in [0.29, 0.717) is 29.5 Å². The Hall–Kier alpha value is -1.30. The Balaban J connectivity index is 1.97. The van der Waals surface area contributed by atoms with E-state index in [-0.39, 0.29) is 11.5 Å². The molecule has 116 valence electrons. The minimum absolute atomic E-state index is 0.119. The molecule has 2 rings (SSSR count). The van der Waals surface area contributed by atoms with Crippen LogP contribution in [0.5, 0.6) is 0 Å². The Morgan fingerprint density at radius 1 is 1.43 bits per heavy atom. The van der Waals surface area contributed by atoms with Gasteiger partial charge in [-0.25, -0.2) is 4.98 Å². The summed E-state index contributed by atoms with van der Waals surface area (Å²) in [5, 5.41) is 0.623. The number of aromatic nitrogens is 2. The smallest absolute Gasteiger partial charge is 0.254 e. The lowest BCUT2D eigenvalue weighted by atomic mass is 9.98. The molecule has 1 aliphatic rings. The first-order chi connectivity index (χ1) is 10.0. The summed E-state index contributed by atoms with van der Waals surface area (Å²) in [6, 6.07) is 0. The Morgan fingerprint density at radius 3 is 2.67 bits per heavy atom. The molecule has 0 aliphatic carbocycles. The lowest BCUT2D eigenvalue weighted by molar-refractivity contribution is -0.132. The van der Waals surface area contributed by atoms with Gasteiger partial charge in [-0.05, 0) is 38.4 Å². The van der Waals surface area contributed by atoms with Crippen molar-refractivity contribution in [2.75, 3.05) is 19.3 Å². The van der Waals surface area contributed by atoms with Gasteiger partial charge >= 0.3 is 0 Å². The van der Waals surface area contributed by atoms with Crippen molar-refractivity contribution in [1.29, 1.82) is 0 Å². The monoisotopic (exact) mass is 309 g/mol. The van der Waals surface area contributed by atoms with E-state index in [1.54, 1.807) is 0 Å². The number of aromatic amines is 1. The SMILES string of the molecule is CSc1nc(C)c(CCC(=O)N2CCC(C)CC2)c(=O)[nH]1.